The van der Waals surface area contributed by atoms with Gasteiger partial charge in [0.15, 0.2) is 0 Å². The fourth-order valence-corrected chi connectivity index (χ4v) is 2.56. The van der Waals surface area contributed by atoms with Gasteiger partial charge in [-0.1, -0.05) is 11.6 Å². The first-order valence-corrected chi connectivity index (χ1v) is 5.36. The monoisotopic (exact) mass is 241 g/mol. The molecule has 0 saturated heterocycles. The van der Waals surface area contributed by atoms with Gasteiger partial charge in [-0.3, -0.25) is 9.48 Å². The number of nitrogens with zero attached hydrogens (tertiary/aromatic N) is 2. The summed E-state index contributed by atoms with van der Waals surface area (Å²) in [5.41, 5.74) is 5.97. The van der Waals surface area contributed by atoms with Crippen molar-refractivity contribution in [2.45, 2.75) is 0 Å². The minimum atomic E-state index is -0.426. The van der Waals surface area contributed by atoms with Crippen molar-refractivity contribution in [3.05, 3.63) is 28.2 Å². The Hall–Kier alpha value is -1.33. The number of thiophene rings is 1. The van der Waals surface area contributed by atoms with Gasteiger partial charge in [0.05, 0.1) is 26.7 Å². The molecule has 0 aromatic carbocycles. The molecule has 0 aliphatic carbocycles. The third-order valence-corrected chi connectivity index (χ3v) is 3.36. The molecule has 15 heavy (non-hydrogen) atoms. The van der Waals surface area contributed by atoms with Crippen LogP contribution < -0.4 is 5.73 Å². The number of nitrogens with two attached hydrogens (primary N) is 1. The predicted molar refractivity (Wildman–Crippen MR) is 60.0 cm³/mol. The zero-order chi connectivity index (χ0) is 11.0. The summed E-state index contributed by atoms with van der Waals surface area (Å²) in [4.78, 5) is 12.3. The molecule has 0 spiro atoms. The quantitative estimate of drug-likeness (QED) is 0.873. The van der Waals surface area contributed by atoms with E-state index in [2.05, 4.69) is 5.10 Å². The second-order valence-corrected chi connectivity index (χ2v) is 4.48. The lowest BCUT2D eigenvalue weighted by Crippen LogP contribution is -2.08. The highest BCUT2D eigenvalue weighted by Crippen LogP contribution is 2.32. The maximum Gasteiger partial charge on any atom is 0.258 e. The Labute approximate surface area is 95.3 Å². The van der Waals surface area contributed by atoms with E-state index in [4.69, 9.17) is 17.3 Å². The highest BCUT2D eigenvalue weighted by Gasteiger charge is 2.13. The van der Waals surface area contributed by atoms with E-state index in [1.165, 1.54) is 11.3 Å². The van der Waals surface area contributed by atoms with Gasteiger partial charge in [-0.2, -0.15) is 5.10 Å². The molecule has 2 aromatic heterocycles. The molecule has 2 aromatic rings. The fraction of sp³-hybridized carbons (Fsp3) is 0.111. The Morgan fingerprint density at radius 1 is 1.60 bits per heavy atom. The largest absolute Gasteiger partial charge is 0.365 e. The van der Waals surface area contributed by atoms with Crippen LogP contribution in [0.4, 0.5) is 0 Å². The Kier molecular flexibility index (Phi) is 2.50. The number of hydrogen-bond acceptors (Lipinski definition) is 3. The molecule has 0 aliphatic heterocycles. The maximum absolute atomic E-state index is 10.9. The molecule has 0 unspecified atom stereocenters. The normalized spacial score (nSPS) is 10.5. The lowest BCUT2D eigenvalue weighted by atomic mass is 10.3. The molecule has 0 atom stereocenters. The standard InChI is InChI=1S/C9H8ClN3OS/c1-13-8(5(10)4-12-13)6-2-3-7(15-6)9(11)14/h2-4H,1H3,(H2,11,14). The predicted octanol–water partition coefficient (Wildman–Crippen LogP) is 1.90. The molecule has 4 nitrogen and oxygen atoms in total. The zero-order valence-electron chi connectivity index (χ0n) is 7.90. The number of hydrogen-bond donors (Lipinski definition) is 1. The Morgan fingerprint density at radius 2 is 2.33 bits per heavy atom. The van der Waals surface area contributed by atoms with E-state index in [1.54, 1.807) is 24.0 Å². The highest BCUT2D eigenvalue weighted by atomic mass is 35.5. The molecule has 6 heteroatoms. The Balaban J connectivity index is 2.50. The van der Waals surface area contributed by atoms with E-state index < -0.39 is 5.91 Å². The highest BCUT2D eigenvalue weighted by molar-refractivity contribution is 7.17. The Bertz CT molecular complexity index is 498. The maximum atomic E-state index is 10.9. The number of carbonyl (C=O) groups is 1. The number of rotatable bonds is 2. The smallest absolute Gasteiger partial charge is 0.258 e. The van der Waals surface area contributed by atoms with E-state index in [0.29, 0.717) is 9.90 Å². The third kappa shape index (κ3) is 1.75. The van der Waals surface area contributed by atoms with Crippen molar-refractivity contribution in [3.63, 3.8) is 0 Å². The van der Waals surface area contributed by atoms with Gasteiger partial charge >= 0.3 is 0 Å². The van der Waals surface area contributed by atoms with Crippen molar-refractivity contribution in [1.82, 2.24) is 9.78 Å². The summed E-state index contributed by atoms with van der Waals surface area (Å²) in [7, 11) is 1.80. The molecule has 0 radical (unpaired) electrons. The Morgan fingerprint density at radius 3 is 2.80 bits per heavy atom. The van der Waals surface area contributed by atoms with E-state index in [1.807, 2.05) is 6.07 Å². The van der Waals surface area contributed by atoms with Crippen LogP contribution in [0.5, 0.6) is 0 Å². The van der Waals surface area contributed by atoms with Gasteiger partial charge in [-0.15, -0.1) is 11.3 Å². The first kappa shape index (κ1) is 10.2. The van der Waals surface area contributed by atoms with Crippen LogP contribution in [0.15, 0.2) is 18.3 Å². The molecule has 0 aliphatic rings. The van der Waals surface area contributed by atoms with Crippen LogP contribution >= 0.6 is 22.9 Å². The fourth-order valence-electron chi connectivity index (χ4n) is 1.29. The summed E-state index contributed by atoms with van der Waals surface area (Å²) in [6.45, 7) is 0. The molecule has 78 valence electrons. The summed E-state index contributed by atoms with van der Waals surface area (Å²) >= 11 is 7.28. The first-order valence-electron chi connectivity index (χ1n) is 4.17. The molecule has 2 heterocycles. The van der Waals surface area contributed by atoms with E-state index >= 15 is 0 Å². The number of aryl methyl sites for hydroxylation is 1. The van der Waals surface area contributed by atoms with Crippen LogP contribution in [-0.4, -0.2) is 15.7 Å². The van der Waals surface area contributed by atoms with Crippen LogP contribution in [0.2, 0.25) is 5.02 Å². The van der Waals surface area contributed by atoms with Crippen LogP contribution in [-0.2, 0) is 7.05 Å². The number of halogens is 1. The molecule has 0 bridgehead atoms. The van der Waals surface area contributed by atoms with Crippen LogP contribution in [0.25, 0.3) is 10.6 Å². The van der Waals surface area contributed by atoms with Gasteiger partial charge in [-0.25, -0.2) is 0 Å². The van der Waals surface area contributed by atoms with Gasteiger partial charge in [0, 0.05) is 7.05 Å². The van der Waals surface area contributed by atoms with Crippen molar-refractivity contribution in [2.24, 2.45) is 12.8 Å². The van der Waals surface area contributed by atoms with E-state index in [-0.39, 0.29) is 0 Å². The molecule has 2 rings (SSSR count). The lowest BCUT2D eigenvalue weighted by molar-refractivity contribution is 0.100. The molecular formula is C9H8ClN3OS. The number of carbonyl (C=O) groups excluding carboxylic acids is 1. The average molecular weight is 242 g/mol. The first-order chi connectivity index (χ1) is 7.09. The summed E-state index contributed by atoms with van der Waals surface area (Å²) in [6.07, 6.45) is 1.57. The van der Waals surface area contributed by atoms with E-state index in [0.717, 1.165) is 10.6 Å². The van der Waals surface area contributed by atoms with Crippen molar-refractivity contribution >= 4 is 28.8 Å². The zero-order valence-corrected chi connectivity index (χ0v) is 9.47. The van der Waals surface area contributed by atoms with Crippen LogP contribution in [0.1, 0.15) is 9.67 Å². The topological polar surface area (TPSA) is 60.9 Å². The average Bonchev–Trinajstić information content (AvgIpc) is 2.73. The molecular weight excluding hydrogens is 234 g/mol. The second-order valence-electron chi connectivity index (χ2n) is 2.99. The van der Waals surface area contributed by atoms with Gasteiger partial charge in [0.1, 0.15) is 0 Å². The minimum absolute atomic E-state index is 0.426. The SMILES string of the molecule is Cn1ncc(Cl)c1-c1ccc(C(N)=O)s1. The van der Waals surface area contributed by atoms with Crippen LogP contribution in [0, 0.1) is 0 Å². The summed E-state index contributed by atoms with van der Waals surface area (Å²) in [5, 5.41) is 4.59. The van der Waals surface area contributed by atoms with Crippen molar-refractivity contribution in [1.29, 1.82) is 0 Å². The summed E-state index contributed by atoms with van der Waals surface area (Å²) < 4.78 is 1.67. The van der Waals surface area contributed by atoms with Gasteiger partial charge in [-0.05, 0) is 12.1 Å². The molecule has 2 N–H and O–H groups in total. The minimum Gasteiger partial charge on any atom is -0.365 e. The number of aromatic nitrogens is 2. The number of primary amides is 1. The summed E-state index contributed by atoms with van der Waals surface area (Å²) in [6, 6.07) is 3.50. The van der Waals surface area contributed by atoms with Gasteiger partial charge < -0.3 is 5.73 Å². The van der Waals surface area contributed by atoms with E-state index in [9.17, 15) is 4.79 Å². The van der Waals surface area contributed by atoms with Gasteiger partial charge in [0.2, 0.25) is 0 Å². The second kappa shape index (κ2) is 3.67. The van der Waals surface area contributed by atoms with Crippen molar-refractivity contribution < 1.29 is 4.79 Å². The van der Waals surface area contributed by atoms with Gasteiger partial charge in [0.25, 0.3) is 5.91 Å². The summed E-state index contributed by atoms with van der Waals surface area (Å²) in [5.74, 6) is -0.426. The third-order valence-electron chi connectivity index (χ3n) is 1.98. The molecule has 1 amide bonds. The van der Waals surface area contributed by atoms with Crippen molar-refractivity contribution in [2.75, 3.05) is 0 Å². The lowest BCUT2D eigenvalue weighted by Gasteiger charge is -1.98. The van der Waals surface area contributed by atoms with Crippen molar-refractivity contribution in [3.8, 4) is 10.6 Å². The van der Waals surface area contributed by atoms with Crippen LogP contribution in [0.3, 0.4) is 0 Å². The molecule has 0 saturated carbocycles. The molecule has 0 fully saturated rings. The number of amides is 1.